The molecule has 2 nitrogen and oxygen atoms in total. The first kappa shape index (κ1) is 17.1. The van der Waals surface area contributed by atoms with Crippen molar-refractivity contribution in [3.05, 3.63) is 75.3 Å². The summed E-state index contributed by atoms with van der Waals surface area (Å²) in [7, 11) is 0. The number of allylic oxidation sites excluding steroid dienone is 1. The van der Waals surface area contributed by atoms with Gasteiger partial charge in [-0.2, -0.15) is 0 Å². The van der Waals surface area contributed by atoms with E-state index >= 15 is 0 Å². The van der Waals surface area contributed by atoms with Crippen LogP contribution in [0.25, 0.3) is 5.57 Å². The van der Waals surface area contributed by atoms with Crippen molar-refractivity contribution < 1.29 is 4.79 Å². The number of fused-ring (bicyclic) bond motifs is 1. The fourth-order valence-electron chi connectivity index (χ4n) is 3.07. The summed E-state index contributed by atoms with van der Waals surface area (Å²) in [5, 5.41) is 1.08. The number of halogens is 2. The summed E-state index contributed by atoms with van der Waals surface area (Å²) < 4.78 is 0. The standard InChI is InChI=1S/C20H19Cl2NO/c1-3-13(2)18-17(21)11-16-15(19(18)22)9-10-23(20(16)24)12-14-7-5-4-6-8-14/h4-8,11H,2-3,9-10,12H2,1H3. The van der Waals surface area contributed by atoms with Crippen LogP contribution < -0.4 is 0 Å². The molecule has 0 aliphatic carbocycles. The van der Waals surface area contributed by atoms with E-state index < -0.39 is 0 Å². The van der Waals surface area contributed by atoms with E-state index in [1.54, 1.807) is 6.07 Å². The summed E-state index contributed by atoms with van der Waals surface area (Å²) in [6.45, 7) is 7.30. The van der Waals surface area contributed by atoms with Crippen LogP contribution in [-0.2, 0) is 13.0 Å². The van der Waals surface area contributed by atoms with Gasteiger partial charge in [0.05, 0.1) is 10.0 Å². The van der Waals surface area contributed by atoms with Crippen LogP contribution in [0.5, 0.6) is 0 Å². The third-order valence-corrected chi connectivity index (χ3v) is 5.18. The molecule has 0 N–H and O–H groups in total. The second-order valence-electron chi connectivity index (χ2n) is 5.99. The Morgan fingerprint density at radius 2 is 1.96 bits per heavy atom. The SMILES string of the molecule is C=C(CC)c1c(Cl)cc2c(c1Cl)CCN(Cc1ccccc1)C2=O. The van der Waals surface area contributed by atoms with Crippen molar-refractivity contribution in [1.29, 1.82) is 0 Å². The van der Waals surface area contributed by atoms with Gasteiger partial charge in [-0.25, -0.2) is 0 Å². The fourth-order valence-corrected chi connectivity index (χ4v) is 3.89. The second kappa shape index (κ2) is 7.00. The Kier molecular flexibility index (Phi) is 4.98. The van der Waals surface area contributed by atoms with E-state index in [9.17, 15) is 4.79 Å². The molecule has 4 heteroatoms. The highest BCUT2D eigenvalue weighted by Gasteiger charge is 2.28. The van der Waals surface area contributed by atoms with E-state index in [4.69, 9.17) is 23.2 Å². The zero-order valence-electron chi connectivity index (χ0n) is 13.6. The van der Waals surface area contributed by atoms with Crippen LogP contribution >= 0.6 is 23.2 Å². The van der Waals surface area contributed by atoms with Crippen LogP contribution in [0.1, 0.15) is 40.4 Å². The number of carbonyl (C=O) groups is 1. The molecule has 0 bridgehead atoms. The summed E-state index contributed by atoms with van der Waals surface area (Å²) in [5.41, 5.74) is 4.29. The van der Waals surface area contributed by atoms with Gasteiger partial charge in [-0.1, -0.05) is 67.0 Å². The lowest BCUT2D eigenvalue weighted by Gasteiger charge is -2.30. The number of hydrogen-bond acceptors (Lipinski definition) is 1. The van der Waals surface area contributed by atoms with Crippen LogP contribution in [0.15, 0.2) is 43.0 Å². The third kappa shape index (κ3) is 3.09. The molecular weight excluding hydrogens is 341 g/mol. The van der Waals surface area contributed by atoms with Crippen LogP contribution in [0.3, 0.4) is 0 Å². The predicted octanol–water partition coefficient (Wildman–Crippen LogP) is 5.62. The van der Waals surface area contributed by atoms with E-state index in [0.717, 1.165) is 35.1 Å². The number of amides is 1. The minimum Gasteiger partial charge on any atom is -0.334 e. The van der Waals surface area contributed by atoms with E-state index in [1.807, 2.05) is 42.2 Å². The van der Waals surface area contributed by atoms with Gasteiger partial charge in [0.25, 0.3) is 5.91 Å². The van der Waals surface area contributed by atoms with Gasteiger partial charge < -0.3 is 4.90 Å². The lowest BCUT2D eigenvalue weighted by molar-refractivity contribution is 0.0727. The second-order valence-corrected chi connectivity index (χ2v) is 6.78. The van der Waals surface area contributed by atoms with Crippen molar-refractivity contribution in [2.24, 2.45) is 0 Å². The van der Waals surface area contributed by atoms with Crippen molar-refractivity contribution in [3.63, 3.8) is 0 Å². The average molecular weight is 360 g/mol. The molecule has 0 saturated carbocycles. The molecule has 0 fully saturated rings. The van der Waals surface area contributed by atoms with E-state index in [0.29, 0.717) is 28.7 Å². The molecule has 0 atom stereocenters. The molecule has 2 aromatic carbocycles. The maximum absolute atomic E-state index is 12.9. The lowest BCUT2D eigenvalue weighted by Crippen LogP contribution is -2.37. The molecule has 1 aliphatic rings. The smallest absolute Gasteiger partial charge is 0.254 e. The zero-order chi connectivity index (χ0) is 17.3. The maximum Gasteiger partial charge on any atom is 0.254 e. The molecule has 0 saturated heterocycles. The van der Waals surface area contributed by atoms with Crippen molar-refractivity contribution >= 4 is 34.7 Å². The number of nitrogens with zero attached hydrogens (tertiary/aromatic N) is 1. The van der Waals surface area contributed by atoms with Crippen molar-refractivity contribution in [2.45, 2.75) is 26.3 Å². The van der Waals surface area contributed by atoms with Crippen molar-refractivity contribution in [1.82, 2.24) is 4.90 Å². The quantitative estimate of drug-likeness (QED) is 0.693. The van der Waals surface area contributed by atoms with Gasteiger partial charge in [-0.3, -0.25) is 4.79 Å². The Balaban J connectivity index is 1.95. The summed E-state index contributed by atoms with van der Waals surface area (Å²) in [6.07, 6.45) is 1.50. The summed E-state index contributed by atoms with van der Waals surface area (Å²) in [6, 6.07) is 11.7. The molecule has 2 aromatic rings. The Morgan fingerprint density at radius 1 is 1.25 bits per heavy atom. The Hall–Kier alpha value is -1.77. The lowest BCUT2D eigenvalue weighted by atomic mass is 9.93. The highest BCUT2D eigenvalue weighted by atomic mass is 35.5. The fraction of sp³-hybridized carbons (Fsp3) is 0.250. The van der Waals surface area contributed by atoms with Gasteiger partial charge in [0.2, 0.25) is 0 Å². The molecule has 0 radical (unpaired) electrons. The minimum atomic E-state index is -0.0161. The van der Waals surface area contributed by atoms with Crippen molar-refractivity contribution in [2.75, 3.05) is 6.54 Å². The normalized spacial score (nSPS) is 13.8. The zero-order valence-corrected chi connectivity index (χ0v) is 15.1. The highest BCUT2D eigenvalue weighted by Crippen LogP contribution is 2.38. The first-order valence-corrected chi connectivity index (χ1v) is 8.80. The van der Waals surface area contributed by atoms with Crippen LogP contribution in [0.2, 0.25) is 10.0 Å². The Labute approximate surface area is 152 Å². The Morgan fingerprint density at radius 3 is 2.62 bits per heavy atom. The minimum absolute atomic E-state index is 0.0161. The number of benzene rings is 2. The maximum atomic E-state index is 12.9. The largest absolute Gasteiger partial charge is 0.334 e. The topological polar surface area (TPSA) is 20.3 Å². The Bertz CT molecular complexity index is 799. The number of carbonyl (C=O) groups excluding carboxylic acids is 1. The summed E-state index contributed by atoms with van der Waals surface area (Å²) in [5.74, 6) is -0.0161. The van der Waals surface area contributed by atoms with E-state index in [1.165, 1.54) is 0 Å². The number of hydrogen-bond donors (Lipinski definition) is 0. The van der Waals surface area contributed by atoms with Crippen LogP contribution in [0, 0.1) is 0 Å². The van der Waals surface area contributed by atoms with Gasteiger partial charge in [0.1, 0.15) is 0 Å². The van der Waals surface area contributed by atoms with Gasteiger partial charge in [-0.15, -0.1) is 0 Å². The van der Waals surface area contributed by atoms with Gasteiger partial charge in [0.15, 0.2) is 0 Å². The highest BCUT2D eigenvalue weighted by molar-refractivity contribution is 6.38. The molecule has 1 amide bonds. The van der Waals surface area contributed by atoms with Crippen LogP contribution in [0.4, 0.5) is 0 Å². The summed E-state index contributed by atoms with van der Waals surface area (Å²) >= 11 is 13.0. The van der Waals surface area contributed by atoms with Gasteiger partial charge >= 0.3 is 0 Å². The van der Waals surface area contributed by atoms with Gasteiger partial charge in [0, 0.05) is 24.2 Å². The van der Waals surface area contributed by atoms with E-state index in [2.05, 4.69) is 6.58 Å². The van der Waals surface area contributed by atoms with Crippen LogP contribution in [-0.4, -0.2) is 17.4 Å². The molecule has 1 heterocycles. The average Bonchev–Trinajstić information content (AvgIpc) is 2.58. The molecule has 1 aliphatic heterocycles. The molecule has 0 spiro atoms. The molecule has 0 unspecified atom stereocenters. The van der Waals surface area contributed by atoms with Gasteiger partial charge in [-0.05, 0) is 35.6 Å². The molecule has 0 aromatic heterocycles. The molecule has 3 rings (SSSR count). The first-order chi connectivity index (χ1) is 11.5. The molecule has 24 heavy (non-hydrogen) atoms. The number of rotatable bonds is 4. The summed E-state index contributed by atoms with van der Waals surface area (Å²) in [4.78, 5) is 14.7. The molecule has 124 valence electrons. The third-order valence-electron chi connectivity index (χ3n) is 4.47. The predicted molar refractivity (Wildman–Crippen MR) is 101 cm³/mol. The van der Waals surface area contributed by atoms with Crippen molar-refractivity contribution in [3.8, 4) is 0 Å². The van der Waals surface area contributed by atoms with E-state index in [-0.39, 0.29) is 5.91 Å². The monoisotopic (exact) mass is 359 g/mol. The molecular formula is C20H19Cl2NO. The first-order valence-electron chi connectivity index (χ1n) is 8.05.